The number of halogens is 1. The Bertz CT molecular complexity index is 1120. The molecule has 0 radical (unpaired) electrons. The number of likely N-dealkylation sites (tertiary alicyclic amines) is 1. The maximum atomic E-state index is 13.7. The molecular formula is C27H36ClN3O5S. The van der Waals surface area contributed by atoms with Crippen LogP contribution in [0.25, 0.3) is 0 Å². The van der Waals surface area contributed by atoms with Crippen molar-refractivity contribution in [1.82, 2.24) is 14.1 Å². The lowest BCUT2D eigenvalue weighted by Crippen LogP contribution is -2.51. The van der Waals surface area contributed by atoms with Crippen molar-refractivity contribution < 1.29 is 22.7 Å². The van der Waals surface area contributed by atoms with Crippen LogP contribution >= 0.6 is 11.6 Å². The molecule has 0 atom stereocenters. The van der Waals surface area contributed by atoms with Gasteiger partial charge in [-0.1, -0.05) is 37.3 Å². The zero-order valence-corrected chi connectivity index (χ0v) is 23.1. The largest absolute Gasteiger partial charge is 0.497 e. The number of hydrogen-bond donors (Lipinski definition) is 0. The smallest absolute Gasteiger partial charge is 0.243 e. The summed E-state index contributed by atoms with van der Waals surface area (Å²) in [6.45, 7) is 3.30. The normalized spacial score (nSPS) is 14.5. The molecule has 2 aromatic rings. The molecule has 0 saturated carbocycles. The van der Waals surface area contributed by atoms with Gasteiger partial charge >= 0.3 is 0 Å². The lowest BCUT2D eigenvalue weighted by atomic mass is 10.0. The first-order chi connectivity index (χ1) is 17.8. The minimum absolute atomic E-state index is 0.0181. The molecular weight excluding hydrogens is 514 g/mol. The Morgan fingerprint density at radius 1 is 1.05 bits per heavy atom. The standard InChI is InChI=1S/C27H36ClN3O5S/c1-3-17-30(37(34,35)25-7-5-4-6-8-25)21-27(33)31(20-22-9-11-24(36-2)12-10-22)23-14-18-29(19-15-23)26(32)13-16-28/h4-12,23H,3,13-21H2,1-2H3. The van der Waals surface area contributed by atoms with Crippen molar-refractivity contribution in [3.63, 3.8) is 0 Å². The summed E-state index contributed by atoms with van der Waals surface area (Å²) < 4.78 is 33.2. The van der Waals surface area contributed by atoms with E-state index >= 15 is 0 Å². The van der Waals surface area contributed by atoms with Crippen molar-refractivity contribution in [2.24, 2.45) is 0 Å². The third kappa shape index (κ3) is 7.69. The molecule has 37 heavy (non-hydrogen) atoms. The Labute approximate surface area is 225 Å². The number of carbonyl (C=O) groups excluding carboxylic acids is 2. The summed E-state index contributed by atoms with van der Waals surface area (Å²) in [7, 11) is -2.23. The Hall–Kier alpha value is -2.62. The number of nitrogens with zero attached hydrogens (tertiary/aromatic N) is 3. The SMILES string of the molecule is CCCN(CC(=O)N(Cc1ccc(OC)cc1)C1CCN(C(=O)CCCl)CC1)S(=O)(=O)c1ccccc1. The number of ether oxygens (including phenoxy) is 1. The maximum Gasteiger partial charge on any atom is 0.243 e. The molecule has 0 bridgehead atoms. The Balaban J connectivity index is 1.82. The van der Waals surface area contributed by atoms with Crippen LogP contribution in [0, 0.1) is 0 Å². The number of methoxy groups -OCH3 is 1. The Morgan fingerprint density at radius 2 is 1.70 bits per heavy atom. The third-order valence-corrected chi connectivity index (χ3v) is 8.61. The van der Waals surface area contributed by atoms with Crippen molar-refractivity contribution >= 4 is 33.4 Å². The first kappa shape index (κ1) is 28.9. The fourth-order valence-corrected chi connectivity index (χ4v) is 6.20. The van der Waals surface area contributed by atoms with Gasteiger partial charge in [-0.15, -0.1) is 11.6 Å². The predicted octanol–water partition coefficient (Wildman–Crippen LogP) is 3.74. The van der Waals surface area contributed by atoms with Crippen molar-refractivity contribution in [2.75, 3.05) is 39.2 Å². The van der Waals surface area contributed by atoms with Crippen LogP contribution in [0.4, 0.5) is 0 Å². The lowest BCUT2D eigenvalue weighted by Gasteiger charge is -2.39. The van der Waals surface area contributed by atoms with Crippen molar-refractivity contribution in [2.45, 2.75) is 50.1 Å². The van der Waals surface area contributed by atoms with E-state index in [4.69, 9.17) is 16.3 Å². The molecule has 1 heterocycles. The van der Waals surface area contributed by atoms with Crippen LogP contribution in [0.5, 0.6) is 5.75 Å². The second-order valence-corrected chi connectivity index (χ2v) is 11.4. The average molecular weight is 550 g/mol. The predicted molar refractivity (Wildman–Crippen MR) is 144 cm³/mol. The van der Waals surface area contributed by atoms with Crippen LogP contribution in [0.3, 0.4) is 0 Å². The molecule has 8 nitrogen and oxygen atoms in total. The molecule has 3 rings (SSSR count). The van der Waals surface area contributed by atoms with Crippen LogP contribution in [0.2, 0.25) is 0 Å². The van der Waals surface area contributed by atoms with Gasteiger partial charge in [-0.25, -0.2) is 8.42 Å². The van der Waals surface area contributed by atoms with E-state index in [0.29, 0.717) is 45.3 Å². The highest BCUT2D eigenvalue weighted by atomic mass is 35.5. The van der Waals surface area contributed by atoms with Crippen molar-refractivity contribution in [3.05, 3.63) is 60.2 Å². The second-order valence-electron chi connectivity index (χ2n) is 9.07. The van der Waals surface area contributed by atoms with E-state index in [9.17, 15) is 18.0 Å². The topological polar surface area (TPSA) is 87.2 Å². The summed E-state index contributed by atoms with van der Waals surface area (Å²) in [6.07, 6.45) is 2.12. The highest BCUT2D eigenvalue weighted by Gasteiger charge is 2.33. The van der Waals surface area contributed by atoms with Gasteiger partial charge in [0.15, 0.2) is 0 Å². The zero-order chi connectivity index (χ0) is 26.8. The number of piperidine rings is 1. The zero-order valence-electron chi connectivity index (χ0n) is 21.5. The van der Waals surface area contributed by atoms with E-state index in [1.165, 1.54) is 4.31 Å². The van der Waals surface area contributed by atoms with Gasteiger partial charge in [0, 0.05) is 44.5 Å². The summed E-state index contributed by atoms with van der Waals surface area (Å²) in [6, 6.07) is 15.6. The van der Waals surface area contributed by atoms with Gasteiger partial charge in [-0.2, -0.15) is 4.31 Å². The molecule has 0 unspecified atom stereocenters. The second kappa shape index (κ2) is 13.8. The summed E-state index contributed by atoms with van der Waals surface area (Å²) in [5, 5.41) is 0. The molecule has 1 fully saturated rings. The summed E-state index contributed by atoms with van der Waals surface area (Å²) >= 11 is 5.74. The number of benzene rings is 2. The lowest BCUT2D eigenvalue weighted by molar-refractivity contribution is -0.137. The number of amides is 2. The molecule has 1 aliphatic heterocycles. The van der Waals surface area contributed by atoms with Crippen molar-refractivity contribution in [3.8, 4) is 5.75 Å². The number of sulfonamides is 1. The van der Waals surface area contributed by atoms with Crippen LogP contribution in [0.1, 0.15) is 38.2 Å². The van der Waals surface area contributed by atoms with Crippen LogP contribution < -0.4 is 4.74 Å². The minimum atomic E-state index is -3.83. The van der Waals surface area contributed by atoms with E-state index in [1.807, 2.05) is 31.2 Å². The van der Waals surface area contributed by atoms with Crippen LogP contribution in [-0.2, 0) is 26.2 Å². The number of hydrogen-bond acceptors (Lipinski definition) is 5. The fourth-order valence-electron chi connectivity index (χ4n) is 4.53. The average Bonchev–Trinajstić information content (AvgIpc) is 2.92. The molecule has 0 N–H and O–H groups in total. The van der Waals surface area contributed by atoms with Gasteiger partial charge in [0.1, 0.15) is 5.75 Å². The van der Waals surface area contributed by atoms with E-state index in [-0.39, 0.29) is 41.7 Å². The van der Waals surface area contributed by atoms with Gasteiger partial charge in [0.25, 0.3) is 0 Å². The molecule has 10 heteroatoms. The summed E-state index contributed by atoms with van der Waals surface area (Å²) in [4.78, 5) is 29.8. The maximum absolute atomic E-state index is 13.7. The third-order valence-electron chi connectivity index (χ3n) is 6.56. The van der Waals surface area contributed by atoms with E-state index < -0.39 is 10.0 Å². The molecule has 0 aromatic heterocycles. The van der Waals surface area contributed by atoms with Gasteiger partial charge in [-0.3, -0.25) is 9.59 Å². The van der Waals surface area contributed by atoms with Gasteiger partial charge in [0.2, 0.25) is 21.8 Å². The monoisotopic (exact) mass is 549 g/mol. The highest BCUT2D eigenvalue weighted by molar-refractivity contribution is 7.89. The summed E-state index contributed by atoms with van der Waals surface area (Å²) in [5.74, 6) is 0.763. The van der Waals surface area contributed by atoms with E-state index in [2.05, 4.69) is 0 Å². The van der Waals surface area contributed by atoms with Crippen LogP contribution in [-0.4, -0.2) is 79.5 Å². The first-order valence-electron chi connectivity index (χ1n) is 12.6. The molecule has 202 valence electrons. The molecule has 0 spiro atoms. The quantitative estimate of drug-likeness (QED) is 0.376. The number of carbonyl (C=O) groups is 2. The van der Waals surface area contributed by atoms with Gasteiger partial charge in [-0.05, 0) is 49.1 Å². The molecule has 1 saturated heterocycles. The van der Waals surface area contributed by atoms with Gasteiger partial charge < -0.3 is 14.5 Å². The molecule has 2 amide bonds. The van der Waals surface area contributed by atoms with Crippen molar-refractivity contribution in [1.29, 1.82) is 0 Å². The first-order valence-corrected chi connectivity index (χ1v) is 14.6. The molecule has 2 aromatic carbocycles. The van der Waals surface area contributed by atoms with Gasteiger partial charge in [0.05, 0.1) is 18.6 Å². The van der Waals surface area contributed by atoms with E-state index in [1.54, 1.807) is 47.2 Å². The highest BCUT2D eigenvalue weighted by Crippen LogP contribution is 2.23. The number of alkyl halides is 1. The Kier molecular flexibility index (Phi) is 10.8. The summed E-state index contributed by atoms with van der Waals surface area (Å²) in [5.41, 5.74) is 0.919. The molecule has 1 aliphatic rings. The number of rotatable bonds is 12. The Morgan fingerprint density at radius 3 is 2.27 bits per heavy atom. The minimum Gasteiger partial charge on any atom is -0.497 e. The van der Waals surface area contributed by atoms with E-state index in [0.717, 1.165) is 11.3 Å². The fraction of sp³-hybridized carbons (Fsp3) is 0.481. The molecule has 0 aliphatic carbocycles. The van der Waals surface area contributed by atoms with Crippen LogP contribution in [0.15, 0.2) is 59.5 Å².